The predicted molar refractivity (Wildman–Crippen MR) is 79.7 cm³/mol. The topological polar surface area (TPSA) is 113 Å². The van der Waals surface area contributed by atoms with Crippen LogP contribution in [-0.4, -0.2) is 48.8 Å². The largest absolute Gasteiger partial charge is 0.467 e. The highest BCUT2D eigenvalue weighted by Gasteiger charge is 2.24. The number of nitrogens with one attached hydrogen (secondary N) is 2. The van der Waals surface area contributed by atoms with E-state index in [4.69, 9.17) is 10.00 Å². The highest BCUT2D eigenvalue weighted by molar-refractivity contribution is 8.13. The molecule has 0 heterocycles. The van der Waals surface area contributed by atoms with Crippen molar-refractivity contribution in [2.24, 2.45) is 4.99 Å². The third-order valence-electron chi connectivity index (χ3n) is 1.95. The monoisotopic (exact) mass is 316 g/mol. The van der Waals surface area contributed by atoms with Crippen molar-refractivity contribution in [1.29, 1.82) is 5.26 Å². The van der Waals surface area contributed by atoms with E-state index in [9.17, 15) is 9.59 Å². The summed E-state index contributed by atoms with van der Waals surface area (Å²) in [4.78, 5) is 27.3. The summed E-state index contributed by atoms with van der Waals surface area (Å²) in [5.41, 5.74) is -0.680. The lowest BCUT2D eigenvalue weighted by Crippen LogP contribution is -2.46. The molecule has 1 atom stereocenters. The molecule has 0 aromatic carbocycles. The lowest BCUT2D eigenvalue weighted by atomic mass is 10.2. The average molecular weight is 316 g/mol. The molecule has 0 aromatic heterocycles. The first-order chi connectivity index (χ1) is 9.73. The third-order valence-corrected chi connectivity index (χ3v) is 2.57. The van der Waals surface area contributed by atoms with Gasteiger partial charge >= 0.3 is 12.1 Å². The quantitative estimate of drug-likeness (QED) is 0.260. The number of alkyl carbamates (subject to hydrolysis) is 1. The number of nitriles is 1. The van der Waals surface area contributed by atoms with Gasteiger partial charge < -0.3 is 14.8 Å². The molecule has 0 aromatic rings. The number of hydrogen-bond acceptors (Lipinski definition) is 7. The molecule has 9 heteroatoms. The molecule has 0 saturated heterocycles. The SMILES string of the molecule is COC(=O)[C@H](CN=C(NC#N)SC)NC(=O)OC(C)(C)C. The summed E-state index contributed by atoms with van der Waals surface area (Å²) in [7, 11) is 1.21. The molecule has 21 heavy (non-hydrogen) atoms. The maximum atomic E-state index is 11.7. The van der Waals surface area contributed by atoms with Gasteiger partial charge in [-0.15, -0.1) is 0 Å². The molecule has 1 amide bonds. The Bertz CT molecular complexity index is 440. The molecule has 0 aliphatic rings. The first-order valence-corrected chi connectivity index (χ1v) is 7.27. The second kappa shape index (κ2) is 9.07. The molecule has 0 bridgehead atoms. The van der Waals surface area contributed by atoms with Gasteiger partial charge in [0.15, 0.2) is 11.4 Å². The first-order valence-electron chi connectivity index (χ1n) is 6.04. The Morgan fingerprint density at radius 1 is 1.43 bits per heavy atom. The number of nitrogens with zero attached hydrogens (tertiary/aromatic N) is 2. The average Bonchev–Trinajstić information content (AvgIpc) is 2.38. The van der Waals surface area contributed by atoms with E-state index < -0.39 is 23.7 Å². The van der Waals surface area contributed by atoms with E-state index in [1.165, 1.54) is 18.9 Å². The number of ether oxygens (including phenoxy) is 2. The van der Waals surface area contributed by atoms with Gasteiger partial charge in [0.1, 0.15) is 11.6 Å². The molecule has 0 rings (SSSR count). The Hall–Kier alpha value is -1.95. The molecule has 0 aliphatic heterocycles. The number of hydrogen-bond donors (Lipinski definition) is 2. The Morgan fingerprint density at radius 3 is 2.48 bits per heavy atom. The van der Waals surface area contributed by atoms with Crippen LogP contribution in [0.5, 0.6) is 0 Å². The van der Waals surface area contributed by atoms with Crippen molar-refractivity contribution in [3.63, 3.8) is 0 Å². The number of carbonyl (C=O) groups is 2. The summed E-state index contributed by atoms with van der Waals surface area (Å²) in [6, 6.07) is -0.993. The van der Waals surface area contributed by atoms with E-state index in [2.05, 4.69) is 20.4 Å². The van der Waals surface area contributed by atoms with E-state index in [-0.39, 0.29) is 6.54 Å². The van der Waals surface area contributed by atoms with Crippen molar-refractivity contribution in [1.82, 2.24) is 10.6 Å². The fourth-order valence-electron chi connectivity index (χ4n) is 1.15. The number of rotatable bonds is 4. The van der Waals surface area contributed by atoms with Crippen molar-refractivity contribution in [2.75, 3.05) is 19.9 Å². The summed E-state index contributed by atoms with van der Waals surface area (Å²) in [6.45, 7) is 5.05. The zero-order valence-corrected chi connectivity index (χ0v) is 13.5. The van der Waals surface area contributed by atoms with E-state index in [0.717, 1.165) is 0 Å². The minimum Gasteiger partial charge on any atom is -0.467 e. The highest BCUT2D eigenvalue weighted by atomic mass is 32.2. The summed E-state index contributed by atoms with van der Waals surface area (Å²) < 4.78 is 9.66. The minimum atomic E-state index is -0.993. The molecule has 0 radical (unpaired) electrons. The Labute approximate surface area is 128 Å². The summed E-state index contributed by atoms with van der Waals surface area (Å²) in [6.07, 6.45) is 2.70. The Balaban J connectivity index is 4.79. The zero-order valence-electron chi connectivity index (χ0n) is 12.7. The maximum absolute atomic E-state index is 11.7. The van der Waals surface area contributed by atoms with Crippen LogP contribution < -0.4 is 10.6 Å². The van der Waals surface area contributed by atoms with Gasteiger partial charge in [-0.1, -0.05) is 11.8 Å². The van der Waals surface area contributed by atoms with Gasteiger partial charge in [-0.2, -0.15) is 5.26 Å². The van der Waals surface area contributed by atoms with Gasteiger partial charge in [0, 0.05) is 0 Å². The second-order valence-electron chi connectivity index (χ2n) is 4.81. The standard InChI is InChI=1S/C12H20N4O4S/c1-12(2,3)20-11(18)16-8(9(17)19-4)6-14-10(21-5)15-7-13/h8H,6H2,1-5H3,(H,14,15)(H,16,18)/t8-/m0/s1. The number of aliphatic imine (C=N–C) groups is 1. The van der Waals surface area contributed by atoms with Crippen LogP contribution in [-0.2, 0) is 14.3 Å². The molecular weight excluding hydrogens is 296 g/mol. The molecule has 0 unspecified atom stereocenters. The van der Waals surface area contributed by atoms with Crippen molar-refractivity contribution in [3.8, 4) is 6.19 Å². The van der Waals surface area contributed by atoms with E-state index in [1.807, 2.05) is 0 Å². The number of methoxy groups -OCH3 is 1. The van der Waals surface area contributed by atoms with Crippen LogP contribution in [0.3, 0.4) is 0 Å². The van der Waals surface area contributed by atoms with Crippen molar-refractivity contribution >= 4 is 29.0 Å². The number of thioether (sulfide) groups is 1. The summed E-state index contributed by atoms with van der Waals surface area (Å²) in [5.74, 6) is -0.651. The molecule has 0 fully saturated rings. The predicted octanol–water partition coefficient (Wildman–Crippen LogP) is 0.842. The van der Waals surface area contributed by atoms with Gasteiger partial charge in [-0.05, 0) is 27.0 Å². The van der Waals surface area contributed by atoms with Gasteiger partial charge in [0.05, 0.1) is 13.7 Å². The van der Waals surface area contributed by atoms with E-state index in [1.54, 1.807) is 33.2 Å². The van der Waals surface area contributed by atoms with Crippen molar-refractivity contribution < 1.29 is 19.1 Å². The minimum absolute atomic E-state index is 0.0726. The van der Waals surface area contributed by atoms with Gasteiger partial charge in [-0.25, -0.2) is 9.59 Å². The lowest BCUT2D eigenvalue weighted by Gasteiger charge is -2.22. The zero-order chi connectivity index (χ0) is 16.5. The van der Waals surface area contributed by atoms with Crippen LogP contribution >= 0.6 is 11.8 Å². The molecular formula is C12H20N4O4S. The van der Waals surface area contributed by atoms with Crippen LogP contribution in [0.25, 0.3) is 0 Å². The molecule has 2 N–H and O–H groups in total. The van der Waals surface area contributed by atoms with Gasteiger partial charge in [0.25, 0.3) is 0 Å². The maximum Gasteiger partial charge on any atom is 0.408 e. The first kappa shape index (κ1) is 19.1. The lowest BCUT2D eigenvalue weighted by molar-refractivity contribution is -0.142. The van der Waals surface area contributed by atoms with Gasteiger partial charge in [-0.3, -0.25) is 10.3 Å². The van der Waals surface area contributed by atoms with Crippen LogP contribution in [0.2, 0.25) is 0 Å². The van der Waals surface area contributed by atoms with Crippen LogP contribution in [0.15, 0.2) is 4.99 Å². The van der Waals surface area contributed by atoms with Crippen LogP contribution in [0.4, 0.5) is 4.79 Å². The fourth-order valence-corrected chi connectivity index (χ4v) is 1.50. The van der Waals surface area contributed by atoms with E-state index >= 15 is 0 Å². The Kier molecular flexibility index (Phi) is 8.23. The molecule has 0 spiro atoms. The summed E-state index contributed by atoms with van der Waals surface area (Å²) in [5, 5.41) is 13.6. The number of amides is 1. The van der Waals surface area contributed by atoms with Crippen LogP contribution in [0, 0.1) is 11.5 Å². The summed E-state index contributed by atoms with van der Waals surface area (Å²) >= 11 is 1.21. The number of carbonyl (C=O) groups excluding carboxylic acids is 2. The molecule has 0 saturated carbocycles. The van der Waals surface area contributed by atoms with E-state index in [0.29, 0.717) is 5.17 Å². The van der Waals surface area contributed by atoms with Crippen molar-refractivity contribution in [3.05, 3.63) is 0 Å². The third kappa shape index (κ3) is 8.75. The second-order valence-corrected chi connectivity index (χ2v) is 5.60. The molecule has 8 nitrogen and oxygen atoms in total. The molecule has 118 valence electrons. The Morgan fingerprint density at radius 2 is 2.05 bits per heavy atom. The normalized spacial score (nSPS) is 12.9. The highest BCUT2D eigenvalue weighted by Crippen LogP contribution is 2.07. The molecule has 0 aliphatic carbocycles. The fraction of sp³-hybridized carbons (Fsp3) is 0.667. The smallest absolute Gasteiger partial charge is 0.408 e. The van der Waals surface area contributed by atoms with Crippen LogP contribution in [0.1, 0.15) is 20.8 Å². The van der Waals surface area contributed by atoms with Gasteiger partial charge in [0.2, 0.25) is 0 Å². The van der Waals surface area contributed by atoms with Crippen molar-refractivity contribution in [2.45, 2.75) is 32.4 Å². The number of esters is 1. The number of amidine groups is 1.